The predicted molar refractivity (Wildman–Crippen MR) is 121 cm³/mol. The van der Waals surface area contributed by atoms with Gasteiger partial charge in [-0.05, 0) is 51.8 Å². The third kappa shape index (κ3) is 7.19. The van der Waals surface area contributed by atoms with Crippen LogP contribution in [0.4, 0.5) is 11.5 Å². The van der Waals surface area contributed by atoms with Gasteiger partial charge in [0.1, 0.15) is 11.5 Å². The summed E-state index contributed by atoms with van der Waals surface area (Å²) in [5.41, 5.74) is 9.96. The van der Waals surface area contributed by atoms with Crippen molar-refractivity contribution in [2.24, 2.45) is 10.9 Å². The van der Waals surface area contributed by atoms with E-state index in [-0.39, 0.29) is 5.60 Å². The number of aromatic nitrogens is 1. The van der Waals surface area contributed by atoms with E-state index in [1.807, 2.05) is 39.0 Å². The molecule has 5 N–H and O–H groups in total. The summed E-state index contributed by atoms with van der Waals surface area (Å²) in [7, 11) is 0. The summed E-state index contributed by atoms with van der Waals surface area (Å²) < 4.78 is 0. The number of rotatable bonds is 8. The second kappa shape index (κ2) is 11.7. The molecule has 6 nitrogen and oxygen atoms in total. The van der Waals surface area contributed by atoms with Crippen LogP contribution in [0.1, 0.15) is 59.4 Å². The van der Waals surface area contributed by atoms with Crippen molar-refractivity contribution in [1.29, 1.82) is 0 Å². The lowest BCUT2D eigenvalue weighted by molar-refractivity contribution is -0.0217. The van der Waals surface area contributed by atoms with E-state index < -0.39 is 0 Å². The number of anilines is 1. The van der Waals surface area contributed by atoms with Crippen LogP contribution < -0.4 is 16.9 Å². The third-order valence-electron chi connectivity index (χ3n) is 4.70. The van der Waals surface area contributed by atoms with Gasteiger partial charge in [-0.25, -0.2) is 10.9 Å². The Kier molecular flexibility index (Phi) is 10.1. The highest BCUT2D eigenvalue weighted by Crippen LogP contribution is 2.31. The molecular formula is C22H37N5O. The molecule has 0 amide bonds. The highest BCUT2D eigenvalue weighted by atomic mass is 16.6. The molecule has 0 unspecified atom stereocenters. The van der Waals surface area contributed by atoms with Crippen molar-refractivity contribution in [1.82, 2.24) is 10.3 Å². The average molecular weight is 388 g/mol. The molecule has 156 valence electrons. The number of para-hydroxylation sites is 1. The summed E-state index contributed by atoms with van der Waals surface area (Å²) in [5, 5.41) is 4.45. The minimum absolute atomic E-state index is 0.139. The predicted octanol–water partition coefficient (Wildman–Crippen LogP) is 4.67. The molecule has 1 heterocycles. The summed E-state index contributed by atoms with van der Waals surface area (Å²) in [6.45, 7) is 14.0. The molecule has 0 saturated carbocycles. The number of hydrogen-bond acceptors (Lipinski definition) is 6. The summed E-state index contributed by atoms with van der Waals surface area (Å²) in [5.74, 6) is 5.43. The zero-order valence-corrected chi connectivity index (χ0v) is 18.3. The summed E-state index contributed by atoms with van der Waals surface area (Å²) in [4.78, 5) is 13.9. The summed E-state index contributed by atoms with van der Waals surface area (Å²) >= 11 is 0. The topological polar surface area (TPSA) is 98.5 Å². The number of benzene rings is 1. The Hall–Kier alpha value is -2.02. The number of nitrogen functional groups attached to an aromatic ring is 1. The maximum atomic E-state index is 6.12. The van der Waals surface area contributed by atoms with E-state index in [9.17, 15) is 0 Å². The first-order valence-electron chi connectivity index (χ1n) is 10.1. The van der Waals surface area contributed by atoms with Crippen LogP contribution in [-0.4, -0.2) is 29.4 Å². The number of hydrogen-bond donors (Lipinski definition) is 3. The second-order valence-corrected chi connectivity index (χ2v) is 7.43. The fourth-order valence-electron chi connectivity index (χ4n) is 2.51. The maximum absolute atomic E-state index is 6.12. The standard InChI is InChI=1S/C17H24N4.C5H13NO/c1-4-8-13(11-19-5-2)20-16-12(3)14-9-6-7-10-15(14)21-17(16)18;1-4-5(2,3)7-6/h6-7,9-10,19H,4-5,8,11H2,1-3H3,(H2,18,21);4,6H2,1-3H3. The zero-order valence-electron chi connectivity index (χ0n) is 18.3. The van der Waals surface area contributed by atoms with Crippen LogP contribution in [0.15, 0.2) is 29.3 Å². The van der Waals surface area contributed by atoms with Crippen LogP contribution in [-0.2, 0) is 4.84 Å². The SMILES string of the molecule is CCC(C)(C)ON.CCCC(CNCC)=Nc1c(N)nc2ccccc2c1C. The highest BCUT2D eigenvalue weighted by Gasteiger charge is 2.12. The molecule has 2 aromatic rings. The van der Waals surface area contributed by atoms with Crippen LogP contribution >= 0.6 is 0 Å². The van der Waals surface area contributed by atoms with Crippen LogP contribution in [0.25, 0.3) is 10.9 Å². The minimum Gasteiger partial charge on any atom is -0.382 e. The van der Waals surface area contributed by atoms with Gasteiger partial charge in [0, 0.05) is 17.6 Å². The van der Waals surface area contributed by atoms with Gasteiger partial charge in [0.2, 0.25) is 0 Å². The molecule has 28 heavy (non-hydrogen) atoms. The summed E-state index contributed by atoms with van der Waals surface area (Å²) in [6, 6.07) is 8.05. The smallest absolute Gasteiger partial charge is 0.150 e. The van der Waals surface area contributed by atoms with Gasteiger partial charge >= 0.3 is 0 Å². The number of pyridine rings is 1. The number of nitrogens with two attached hydrogens (primary N) is 2. The Morgan fingerprint density at radius 3 is 2.43 bits per heavy atom. The second-order valence-electron chi connectivity index (χ2n) is 7.43. The minimum atomic E-state index is -0.139. The van der Waals surface area contributed by atoms with Gasteiger partial charge < -0.3 is 11.1 Å². The van der Waals surface area contributed by atoms with Gasteiger partial charge in [-0.2, -0.15) is 0 Å². The van der Waals surface area contributed by atoms with Crippen LogP contribution in [0.3, 0.4) is 0 Å². The number of fused-ring (bicyclic) bond motifs is 1. The molecule has 0 aliphatic heterocycles. The maximum Gasteiger partial charge on any atom is 0.150 e. The quantitative estimate of drug-likeness (QED) is 0.451. The van der Waals surface area contributed by atoms with E-state index in [1.54, 1.807) is 0 Å². The van der Waals surface area contributed by atoms with E-state index in [0.29, 0.717) is 5.82 Å². The molecule has 0 spiro atoms. The molecule has 0 aliphatic rings. The molecule has 1 aromatic carbocycles. The largest absolute Gasteiger partial charge is 0.382 e. The van der Waals surface area contributed by atoms with Crippen molar-refractivity contribution in [3.63, 3.8) is 0 Å². The molecule has 0 bridgehead atoms. The molecule has 2 rings (SSSR count). The average Bonchev–Trinajstić information content (AvgIpc) is 2.69. The van der Waals surface area contributed by atoms with Crippen LogP contribution in [0.5, 0.6) is 0 Å². The van der Waals surface area contributed by atoms with E-state index in [2.05, 4.69) is 42.0 Å². The van der Waals surface area contributed by atoms with E-state index >= 15 is 0 Å². The number of aryl methyl sites for hydroxylation is 1. The number of nitrogens with zero attached hydrogens (tertiary/aromatic N) is 2. The fourth-order valence-corrected chi connectivity index (χ4v) is 2.51. The Bertz CT molecular complexity index is 765. The van der Waals surface area contributed by atoms with Crippen molar-refractivity contribution < 1.29 is 4.84 Å². The lowest BCUT2D eigenvalue weighted by Gasteiger charge is -2.18. The lowest BCUT2D eigenvalue weighted by Crippen LogP contribution is -2.26. The Morgan fingerprint density at radius 1 is 1.21 bits per heavy atom. The van der Waals surface area contributed by atoms with Gasteiger partial charge in [0.15, 0.2) is 0 Å². The number of nitrogens with one attached hydrogen (secondary N) is 1. The first kappa shape index (κ1) is 24.0. The van der Waals surface area contributed by atoms with Crippen molar-refractivity contribution in [2.45, 2.75) is 66.4 Å². The molecule has 0 fully saturated rings. The molecule has 0 radical (unpaired) electrons. The van der Waals surface area contributed by atoms with E-state index in [4.69, 9.17) is 16.6 Å². The fraction of sp³-hybridized carbons (Fsp3) is 0.545. The third-order valence-corrected chi connectivity index (χ3v) is 4.70. The zero-order chi connectivity index (χ0) is 21.2. The van der Waals surface area contributed by atoms with Crippen LogP contribution in [0.2, 0.25) is 0 Å². The first-order valence-corrected chi connectivity index (χ1v) is 10.1. The molecule has 0 aliphatic carbocycles. The van der Waals surface area contributed by atoms with E-state index in [0.717, 1.165) is 60.2 Å². The summed E-state index contributed by atoms with van der Waals surface area (Å²) in [6.07, 6.45) is 2.99. The lowest BCUT2D eigenvalue weighted by atomic mass is 10.1. The van der Waals surface area contributed by atoms with Crippen LogP contribution in [0, 0.1) is 6.92 Å². The van der Waals surface area contributed by atoms with Gasteiger partial charge in [0.25, 0.3) is 0 Å². The molecule has 1 aromatic heterocycles. The molecular weight excluding hydrogens is 350 g/mol. The Labute approximate surface area is 169 Å². The monoisotopic (exact) mass is 387 g/mol. The van der Waals surface area contributed by atoms with Gasteiger partial charge in [-0.3, -0.25) is 9.83 Å². The Morgan fingerprint density at radius 2 is 1.89 bits per heavy atom. The van der Waals surface area contributed by atoms with E-state index in [1.165, 1.54) is 0 Å². The molecule has 0 saturated heterocycles. The van der Waals surface area contributed by atoms with Crippen molar-refractivity contribution in [3.8, 4) is 0 Å². The van der Waals surface area contributed by atoms with Gasteiger partial charge in [0.05, 0.1) is 11.1 Å². The van der Waals surface area contributed by atoms with Crippen molar-refractivity contribution >= 4 is 28.1 Å². The molecule has 6 heteroatoms. The normalized spacial score (nSPS) is 12.0. The van der Waals surface area contributed by atoms with Gasteiger partial charge in [-0.15, -0.1) is 0 Å². The van der Waals surface area contributed by atoms with Gasteiger partial charge in [-0.1, -0.05) is 45.4 Å². The Balaban J connectivity index is 0.000000480. The number of aliphatic imine (C=N–C) groups is 1. The first-order chi connectivity index (χ1) is 13.3. The van der Waals surface area contributed by atoms with Crippen molar-refractivity contribution in [3.05, 3.63) is 29.8 Å². The highest BCUT2D eigenvalue weighted by molar-refractivity contribution is 5.94. The molecule has 0 atom stereocenters. The van der Waals surface area contributed by atoms with Crippen molar-refractivity contribution in [2.75, 3.05) is 18.8 Å².